The van der Waals surface area contributed by atoms with E-state index in [0.717, 1.165) is 44.1 Å². The number of hydrogen-bond acceptors (Lipinski definition) is 4. The topological polar surface area (TPSA) is 82.9 Å². The van der Waals surface area contributed by atoms with Crippen LogP contribution in [0.25, 0.3) is 11.0 Å². The lowest BCUT2D eigenvalue weighted by Crippen LogP contribution is -2.49. The fourth-order valence-corrected chi connectivity index (χ4v) is 4.85. The molecule has 0 bridgehead atoms. The van der Waals surface area contributed by atoms with Gasteiger partial charge in [-0.1, -0.05) is 56.9 Å². The number of unbranched alkanes of at least 4 members (excludes halogenated alkanes) is 1. The van der Waals surface area contributed by atoms with Crippen molar-refractivity contribution in [1.82, 2.24) is 15.1 Å². The van der Waals surface area contributed by atoms with Crippen LogP contribution in [0.2, 0.25) is 0 Å². The molecule has 1 aromatic heterocycles. The second-order valence-corrected chi connectivity index (χ2v) is 10.0. The van der Waals surface area contributed by atoms with Crippen LogP contribution in [0.1, 0.15) is 63.0 Å². The number of carbonyl (C=O) groups excluding carboxylic acids is 2. The van der Waals surface area contributed by atoms with Crippen LogP contribution in [-0.2, 0) is 17.9 Å². The summed E-state index contributed by atoms with van der Waals surface area (Å²) in [5.41, 5.74) is 1.33. The van der Waals surface area contributed by atoms with Gasteiger partial charge in [0, 0.05) is 19.1 Å². The molecule has 1 heterocycles. The first-order valence-corrected chi connectivity index (χ1v) is 13.5. The summed E-state index contributed by atoms with van der Waals surface area (Å²) in [5, 5.41) is 3.56. The predicted molar refractivity (Wildman–Crippen MR) is 145 cm³/mol. The maximum Gasteiger partial charge on any atom is 0.318 e. The molecule has 1 aliphatic rings. The predicted octanol–water partition coefficient (Wildman–Crippen LogP) is 5.61. The average Bonchev–Trinajstić information content (AvgIpc) is 2.93. The molecule has 8 heteroatoms. The van der Waals surface area contributed by atoms with Gasteiger partial charge in [0.25, 0.3) is 0 Å². The fraction of sp³-hybridized carbons (Fsp3) is 0.433. The van der Waals surface area contributed by atoms with Crippen molar-refractivity contribution in [3.63, 3.8) is 0 Å². The molecule has 0 radical (unpaired) electrons. The third-order valence-corrected chi connectivity index (χ3v) is 7.08. The highest BCUT2D eigenvalue weighted by molar-refractivity contribution is 5.84. The molecule has 3 aromatic rings. The summed E-state index contributed by atoms with van der Waals surface area (Å²) in [6.07, 6.45) is 8.34. The molecule has 0 unspecified atom stereocenters. The van der Waals surface area contributed by atoms with Crippen molar-refractivity contribution in [2.45, 2.75) is 71.0 Å². The Kier molecular flexibility index (Phi) is 9.51. The highest BCUT2D eigenvalue weighted by atomic mass is 19.1. The number of rotatable bonds is 10. The lowest BCUT2D eigenvalue weighted by molar-refractivity contribution is -0.133. The van der Waals surface area contributed by atoms with Gasteiger partial charge in [-0.3, -0.25) is 9.59 Å². The summed E-state index contributed by atoms with van der Waals surface area (Å²) in [6, 6.07) is 12.8. The lowest BCUT2D eigenvalue weighted by atomic mass is 9.96. The van der Waals surface area contributed by atoms with Crippen LogP contribution < -0.4 is 10.7 Å². The minimum absolute atomic E-state index is 0.00917. The quantitative estimate of drug-likeness (QED) is 0.376. The van der Waals surface area contributed by atoms with Crippen molar-refractivity contribution in [1.29, 1.82) is 0 Å². The van der Waals surface area contributed by atoms with E-state index in [-0.39, 0.29) is 48.9 Å². The number of carbonyl (C=O) groups is 2. The number of nitrogens with zero attached hydrogens (tertiary/aromatic N) is 2. The molecule has 1 N–H and O–H groups in total. The summed E-state index contributed by atoms with van der Waals surface area (Å²) in [6.45, 7) is 2.56. The Morgan fingerprint density at radius 1 is 1.00 bits per heavy atom. The van der Waals surface area contributed by atoms with Gasteiger partial charge < -0.3 is 19.5 Å². The van der Waals surface area contributed by atoms with Crippen molar-refractivity contribution in [3.05, 3.63) is 82.0 Å². The van der Waals surface area contributed by atoms with Gasteiger partial charge in [-0.15, -0.1) is 0 Å². The highest BCUT2D eigenvalue weighted by Crippen LogP contribution is 2.18. The van der Waals surface area contributed by atoms with Gasteiger partial charge in [-0.25, -0.2) is 9.18 Å². The van der Waals surface area contributed by atoms with E-state index in [0.29, 0.717) is 23.1 Å². The number of fused-ring (bicyclic) bond motifs is 1. The molecule has 38 heavy (non-hydrogen) atoms. The summed E-state index contributed by atoms with van der Waals surface area (Å²) in [5.74, 6) is -0.663. The fourth-order valence-electron chi connectivity index (χ4n) is 4.85. The van der Waals surface area contributed by atoms with Crippen LogP contribution >= 0.6 is 0 Å². The average molecular weight is 522 g/mol. The second-order valence-electron chi connectivity index (χ2n) is 10.0. The van der Waals surface area contributed by atoms with Gasteiger partial charge in [0.2, 0.25) is 5.91 Å². The third kappa shape index (κ3) is 7.21. The van der Waals surface area contributed by atoms with E-state index in [1.54, 1.807) is 41.3 Å². The molecule has 0 spiro atoms. The van der Waals surface area contributed by atoms with E-state index in [2.05, 4.69) is 5.32 Å². The molecule has 7 nitrogen and oxygen atoms in total. The zero-order valence-electron chi connectivity index (χ0n) is 22.0. The molecule has 1 aliphatic carbocycles. The van der Waals surface area contributed by atoms with Crippen LogP contribution in [0.5, 0.6) is 0 Å². The zero-order chi connectivity index (χ0) is 26.9. The number of urea groups is 1. The molecule has 1 fully saturated rings. The minimum Gasteiger partial charge on any atom is -0.464 e. The first kappa shape index (κ1) is 27.4. The molecular weight excluding hydrogens is 485 g/mol. The van der Waals surface area contributed by atoms with E-state index < -0.39 is 0 Å². The second kappa shape index (κ2) is 13.2. The lowest BCUT2D eigenvalue weighted by Gasteiger charge is -2.30. The number of benzene rings is 2. The molecule has 0 aliphatic heterocycles. The largest absolute Gasteiger partial charge is 0.464 e. The van der Waals surface area contributed by atoms with E-state index in [4.69, 9.17) is 4.42 Å². The molecule has 1 saturated carbocycles. The molecule has 3 amide bonds. The van der Waals surface area contributed by atoms with Crippen molar-refractivity contribution < 1.29 is 18.4 Å². The van der Waals surface area contributed by atoms with Gasteiger partial charge in [-0.2, -0.15) is 0 Å². The van der Waals surface area contributed by atoms with Crippen molar-refractivity contribution in [3.8, 4) is 0 Å². The number of hydrogen-bond donors (Lipinski definition) is 1. The van der Waals surface area contributed by atoms with E-state index in [9.17, 15) is 18.8 Å². The Balaban J connectivity index is 1.55. The summed E-state index contributed by atoms with van der Waals surface area (Å²) >= 11 is 0. The van der Waals surface area contributed by atoms with E-state index >= 15 is 0 Å². The molecule has 0 atom stereocenters. The summed E-state index contributed by atoms with van der Waals surface area (Å²) in [4.78, 5) is 43.1. The first-order chi connectivity index (χ1) is 18.4. The molecule has 202 valence electrons. The maximum atomic E-state index is 13.7. The molecule has 4 rings (SSSR count). The monoisotopic (exact) mass is 521 g/mol. The smallest absolute Gasteiger partial charge is 0.318 e. The Hall–Kier alpha value is -3.68. The van der Waals surface area contributed by atoms with Crippen LogP contribution in [-0.4, -0.2) is 40.9 Å². The van der Waals surface area contributed by atoms with E-state index in [1.165, 1.54) is 29.7 Å². The summed E-state index contributed by atoms with van der Waals surface area (Å²) < 4.78 is 19.2. The van der Waals surface area contributed by atoms with E-state index in [1.807, 2.05) is 6.92 Å². The number of halogens is 1. The Morgan fingerprint density at radius 3 is 2.47 bits per heavy atom. The normalized spacial score (nSPS) is 13.8. The summed E-state index contributed by atoms with van der Waals surface area (Å²) in [7, 11) is 0. The van der Waals surface area contributed by atoms with Crippen LogP contribution in [0, 0.1) is 5.82 Å². The third-order valence-electron chi connectivity index (χ3n) is 7.08. The SMILES string of the molecule is CCCCN(CC(=O)N(Cc1ccc(F)cc1)Cc1coc2ccccc2c1=O)C(=O)NC1CCCCC1. The van der Waals surface area contributed by atoms with Gasteiger partial charge in [0.05, 0.1) is 23.8 Å². The van der Waals surface area contributed by atoms with Crippen molar-refractivity contribution >= 4 is 22.9 Å². The molecule has 0 saturated heterocycles. The molecular formula is C30H36FN3O4. The van der Waals surface area contributed by atoms with Crippen LogP contribution in [0.15, 0.2) is 64.0 Å². The first-order valence-electron chi connectivity index (χ1n) is 13.5. The number of para-hydroxylation sites is 1. The Labute approximate surface area is 222 Å². The van der Waals surface area contributed by atoms with Crippen LogP contribution in [0.4, 0.5) is 9.18 Å². The van der Waals surface area contributed by atoms with Crippen molar-refractivity contribution in [2.75, 3.05) is 13.1 Å². The number of amides is 3. The van der Waals surface area contributed by atoms with Crippen LogP contribution in [0.3, 0.4) is 0 Å². The maximum absolute atomic E-state index is 13.7. The van der Waals surface area contributed by atoms with Gasteiger partial charge in [0.15, 0.2) is 5.43 Å². The standard InChI is InChI=1S/C30H36FN3O4/c1-2-3-17-33(30(37)32-25-9-5-4-6-10-25)20-28(35)34(18-22-13-15-24(31)16-14-22)19-23-21-38-27-12-8-7-11-26(27)29(23)36/h7-8,11-16,21,25H,2-6,9-10,17-20H2,1H3,(H,32,37). The minimum atomic E-state index is -0.369. The number of nitrogens with one attached hydrogen (secondary N) is 1. The van der Waals surface area contributed by atoms with Crippen molar-refractivity contribution in [2.24, 2.45) is 0 Å². The molecule has 2 aromatic carbocycles. The van der Waals surface area contributed by atoms with Gasteiger partial charge in [-0.05, 0) is 49.1 Å². The highest BCUT2D eigenvalue weighted by Gasteiger charge is 2.25. The van der Waals surface area contributed by atoms with Gasteiger partial charge >= 0.3 is 6.03 Å². The zero-order valence-corrected chi connectivity index (χ0v) is 22.0. The Bertz CT molecular complexity index is 1280. The van der Waals surface area contributed by atoms with Gasteiger partial charge in [0.1, 0.15) is 17.9 Å². The Morgan fingerprint density at radius 2 is 1.74 bits per heavy atom.